The Morgan fingerprint density at radius 3 is 3.23 bits per heavy atom. The van der Waals surface area contributed by atoms with E-state index in [0.29, 0.717) is 0 Å². The van der Waals surface area contributed by atoms with Gasteiger partial charge >= 0.3 is 0 Å². The van der Waals surface area contributed by atoms with Crippen LogP contribution in [-0.2, 0) is 4.79 Å². The summed E-state index contributed by atoms with van der Waals surface area (Å²) in [5.74, 6) is 0.000115. The van der Waals surface area contributed by atoms with Crippen molar-refractivity contribution in [3.63, 3.8) is 0 Å². The van der Waals surface area contributed by atoms with Crippen LogP contribution in [0.2, 0.25) is 0 Å². The van der Waals surface area contributed by atoms with Crippen LogP contribution >= 0.6 is 11.3 Å². The summed E-state index contributed by atoms with van der Waals surface area (Å²) in [5.41, 5.74) is 1.49. The third kappa shape index (κ3) is 2.31. The van der Waals surface area contributed by atoms with E-state index in [-0.39, 0.29) is 11.9 Å². The minimum Gasteiger partial charge on any atom is -0.336 e. The Morgan fingerprint density at radius 2 is 2.36 bits per heavy atom. The van der Waals surface area contributed by atoms with Crippen molar-refractivity contribution in [1.82, 2.24) is 19.6 Å². The summed E-state index contributed by atoms with van der Waals surface area (Å²) in [7, 11) is 0. The summed E-state index contributed by atoms with van der Waals surface area (Å²) in [6, 6.07) is 3.50. The number of aromatic nitrogens is 4. The number of pyridine rings is 1. The summed E-state index contributed by atoms with van der Waals surface area (Å²) in [6.07, 6.45) is 7.05. The first kappa shape index (κ1) is 13.2. The number of rotatable bonds is 3. The lowest BCUT2D eigenvalue weighted by Gasteiger charge is -2.23. The van der Waals surface area contributed by atoms with E-state index in [2.05, 4.69) is 25.4 Å². The molecule has 1 aliphatic heterocycles. The molecule has 1 atom stereocenters. The van der Waals surface area contributed by atoms with Crippen LogP contribution in [0.4, 0.5) is 10.8 Å². The summed E-state index contributed by atoms with van der Waals surface area (Å²) in [6.45, 7) is 0.871. The summed E-state index contributed by atoms with van der Waals surface area (Å²) in [5, 5.41) is 13.6. The van der Waals surface area contributed by atoms with Crippen molar-refractivity contribution in [3.8, 4) is 0 Å². The number of nitrogens with one attached hydrogen (secondary N) is 1. The molecule has 0 spiro atoms. The number of amides is 1. The highest BCUT2D eigenvalue weighted by atomic mass is 32.1. The number of carbonyl (C=O) groups excluding carboxylic acids is 1. The van der Waals surface area contributed by atoms with Crippen molar-refractivity contribution >= 4 is 33.7 Å². The van der Waals surface area contributed by atoms with E-state index < -0.39 is 0 Å². The molecule has 3 aromatic heterocycles. The number of thiazole rings is 1. The number of nitrogens with zero attached hydrogens (tertiary/aromatic N) is 5. The molecule has 1 saturated heterocycles. The summed E-state index contributed by atoms with van der Waals surface area (Å²) in [4.78, 5) is 19.0. The molecule has 4 rings (SSSR count). The lowest BCUT2D eigenvalue weighted by atomic mass is 10.2. The molecule has 1 amide bonds. The molecule has 1 unspecified atom stereocenters. The Balaban J connectivity index is 1.53. The molecule has 0 aromatic carbocycles. The quantitative estimate of drug-likeness (QED) is 0.798. The molecule has 112 valence electrons. The first-order valence-corrected chi connectivity index (χ1v) is 7.95. The maximum atomic E-state index is 12.6. The van der Waals surface area contributed by atoms with Gasteiger partial charge in [-0.1, -0.05) is 0 Å². The SMILES string of the molecule is O=C(Nc1ccc2nncn2c1)C1CCCN1c1nccs1. The van der Waals surface area contributed by atoms with Crippen molar-refractivity contribution in [2.24, 2.45) is 0 Å². The van der Waals surface area contributed by atoms with Crippen LogP contribution in [0.1, 0.15) is 12.8 Å². The number of hydrogen-bond donors (Lipinski definition) is 1. The van der Waals surface area contributed by atoms with Crippen molar-refractivity contribution in [1.29, 1.82) is 0 Å². The van der Waals surface area contributed by atoms with E-state index in [4.69, 9.17) is 0 Å². The van der Waals surface area contributed by atoms with Gasteiger partial charge in [0.2, 0.25) is 5.91 Å². The average Bonchev–Trinajstić information content (AvgIpc) is 3.26. The van der Waals surface area contributed by atoms with E-state index in [9.17, 15) is 4.79 Å². The Kier molecular flexibility index (Phi) is 3.23. The zero-order valence-electron chi connectivity index (χ0n) is 11.7. The van der Waals surface area contributed by atoms with Crippen LogP contribution in [0.15, 0.2) is 36.2 Å². The van der Waals surface area contributed by atoms with Gasteiger partial charge in [-0.3, -0.25) is 9.20 Å². The molecule has 22 heavy (non-hydrogen) atoms. The predicted octanol–water partition coefficient (Wildman–Crippen LogP) is 1.79. The van der Waals surface area contributed by atoms with Gasteiger partial charge in [-0.25, -0.2) is 4.98 Å². The Labute approximate surface area is 130 Å². The van der Waals surface area contributed by atoms with E-state index in [1.54, 1.807) is 28.3 Å². The second-order valence-corrected chi connectivity index (χ2v) is 6.04. The Morgan fingerprint density at radius 1 is 1.41 bits per heavy atom. The van der Waals surface area contributed by atoms with E-state index in [0.717, 1.165) is 35.9 Å². The Bertz CT molecular complexity index is 799. The third-order valence-corrected chi connectivity index (χ3v) is 4.59. The molecule has 7 nitrogen and oxygen atoms in total. The van der Waals surface area contributed by atoms with Crippen molar-refractivity contribution in [2.45, 2.75) is 18.9 Å². The van der Waals surface area contributed by atoms with Crippen LogP contribution in [0, 0.1) is 0 Å². The lowest BCUT2D eigenvalue weighted by molar-refractivity contribution is -0.117. The van der Waals surface area contributed by atoms with Gasteiger partial charge in [0.05, 0.1) is 5.69 Å². The van der Waals surface area contributed by atoms with Crippen LogP contribution in [0.5, 0.6) is 0 Å². The number of fused-ring (bicyclic) bond motifs is 1. The minimum absolute atomic E-state index is 0.000115. The molecular weight excluding hydrogens is 300 g/mol. The van der Waals surface area contributed by atoms with Crippen molar-refractivity contribution in [3.05, 3.63) is 36.2 Å². The van der Waals surface area contributed by atoms with Gasteiger partial charge in [-0.15, -0.1) is 21.5 Å². The zero-order valence-corrected chi connectivity index (χ0v) is 12.5. The molecule has 0 bridgehead atoms. The van der Waals surface area contributed by atoms with Crippen molar-refractivity contribution < 1.29 is 4.79 Å². The third-order valence-electron chi connectivity index (χ3n) is 3.78. The molecular formula is C14H14N6OS. The van der Waals surface area contributed by atoms with E-state index in [1.807, 2.05) is 23.7 Å². The predicted molar refractivity (Wildman–Crippen MR) is 84.1 cm³/mol. The largest absolute Gasteiger partial charge is 0.336 e. The molecule has 0 saturated carbocycles. The van der Waals surface area contributed by atoms with E-state index in [1.165, 1.54) is 0 Å². The topological polar surface area (TPSA) is 75.4 Å². The van der Waals surface area contributed by atoms with Crippen LogP contribution < -0.4 is 10.2 Å². The number of anilines is 2. The molecule has 0 radical (unpaired) electrons. The molecule has 3 aromatic rings. The number of carbonyl (C=O) groups is 1. The molecule has 1 N–H and O–H groups in total. The Hall–Kier alpha value is -2.48. The molecule has 1 aliphatic rings. The van der Waals surface area contributed by atoms with E-state index >= 15 is 0 Å². The van der Waals surface area contributed by atoms with Gasteiger partial charge in [0, 0.05) is 24.3 Å². The maximum Gasteiger partial charge on any atom is 0.247 e. The smallest absolute Gasteiger partial charge is 0.247 e. The standard InChI is InChI=1S/C14H14N6OS/c21-13(11-2-1-6-20(11)14-15-5-7-22-14)17-10-3-4-12-18-16-9-19(12)8-10/h3-5,7-9,11H,1-2,6H2,(H,17,21). The van der Waals surface area contributed by atoms with Gasteiger partial charge in [-0.05, 0) is 25.0 Å². The highest BCUT2D eigenvalue weighted by Crippen LogP contribution is 2.27. The van der Waals surface area contributed by atoms with Gasteiger partial charge in [-0.2, -0.15) is 0 Å². The van der Waals surface area contributed by atoms with Crippen LogP contribution in [0.25, 0.3) is 5.65 Å². The second kappa shape index (κ2) is 5.38. The average molecular weight is 314 g/mol. The first-order valence-electron chi connectivity index (χ1n) is 7.08. The molecule has 8 heteroatoms. The maximum absolute atomic E-state index is 12.6. The minimum atomic E-state index is -0.164. The first-order chi connectivity index (χ1) is 10.8. The number of hydrogen-bond acceptors (Lipinski definition) is 6. The highest BCUT2D eigenvalue weighted by molar-refractivity contribution is 7.13. The fourth-order valence-electron chi connectivity index (χ4n) is 2.75. The van der Waals surface area contributed by atoms with Crippen LogP contribution in [0.3, 0.4) is 0 Å². The normalized spacial score (nSPS) is 18.0. The monoisotopic (exact) mass is 314 g/mol. The van der Waals surface area contributed by atoms with Gasteiger partial charge in [0.25, 0.3) is 0 Å². The highest BCUT2D eigenvalue weighted by Gasteiger charge is 2.32. The van der Waals surface area contributed by atoms with Gasteiger partial charge in [0.15, 0.2) is 10.8 Å². The molecule has 1 fully saturated rings. The van der Waals surface area contributed by atoms with Crippen molar-refractivity contribution in [2.75, 3.05) is 16.8 Å². The van der Waals surface area contributed by atoms with Gasteiger partial charge in [0.1, 0.15) is 12.4 Å². The summed E-state index contributed by atoms with van der Waals surface area (Å²) >= 11 is 1.56. The zero-order chi connectivity index (χ0) is 14.9. The lowest BCUT2D eigenvalue weighted by Crippen LogP contribution is -2.39. The van der Waals surface area contributed by atoms with Gasteiger partial charge < -0.3 is 10.2 Å². The van der Waals surface area contributed by atoms with Crippen LogP contribution in [-0.4, -0.2) is 38.1 Å². The molecule has 0 aliphatic carbocycles. The second-order valence-electron chi connectivity index (χ2n) is 5.17. The molecule has 4 heterocycles. The fraction of sp³-hybridized carbons (Fsp3) is 0.286. The summed E-state index contributed by atoms with van der Waals surface area (Å²) < 4.78 is 1.78. The fourth-order valence-corrected chi connectivity index (χ4v) is 3.47.